The van der Waals surface area contributed by atoms with Gasteiger partial charge in [0, 0.05) is 45.2 Å². The minimum absolute atomic E-state index is 0.315. The molecule has 5 aliphatic heterocycles. The molecule has 194 valence electrons. The highest BCUT2D eigenvalue weighted by molar-refractivity contribution is 5.76. The first-order valence-electron chi connectivity index (χ1n) is 14.3. The summed E-state index contributed by atoms with van der Waals surface area (Å²) in [5.41, 5.74) is 3.36. The molecule has 8 heteroatoms. The first kappa shape index (κ1) is 24.9. The number of piperidine rings is 3. The maximum Gasteiger partial charge on any atom is 0.222 e. The number of nitrogens with zero attached hydrogens (tertiary/aromatic N) is 3. The van der Waals surface area contributed by atoms with Crippen molar-refractivity contribution in [2.45, 2.75) is 82.5 Å². The van der Waals surface area contributed by atoms with Gasteiger partial charge in [0.05, 0.1) is 12.3 Å². The van der Waals surface area contributed by atoms with E-state index in [4.69, 9.17) is 4.84 Å². The first-order chi connectivity index (χ1) is 16.7. The number of carbonyl (C=O) groups is 1. The average Bonchev–Trinajstić information content (AvgIpc) is 3.33. The third-order valence-corrected chi connectivity index (χ3v) is 9.04. The van der Waals surface area contributed by atoms with Crippen molar-refractivity contribution >= 4 is 5.91 Å². The van der Waals surface area contributed by atoms with Crippen molar-refractivity contribution < 1.29 is 9.63 Å². The van der Waals surface area contributed by atoms with Crippen molar-refractivity contribution in [3.63, 3.8) is 0 Å². The van der Waals surface area contributed by atoms with Crippen molar-refractivity contribution in [1.82, 2.24) is 30.8 Å². The predicted octanol–water partition coefficient (Wildman–Crippen LogP) is 1.38. The van der Waals surface area contributed by atoms with Gasteiger partial charge in [0.1, 0.15) is 0 Å². The smallest absolute Gasteiger partial charge is 0.222 e. The molecule has 5 rings (SSSR count). The minimum atomic E-state index is 0.315. The Balaban J connectivity index is 1.05. The van der Waals surface area contributed by atoms with Crippen LogP contribution in [0.15, 0.2) is 0 Å². The second-order valence-electron chi connectivity index (χ2n) is 11.5. The molecule has 0 aromatic heterocycles. The second kappa shape index (κ2) is 12.5. The lowest BCUT2D eigenvalue weighted by Crippen LogP contribution is -2.57. The molecule has 0 bridgehead atoms. The zero-order valence-corrected chi connectivity index (χ0v) is 21.2. The fourth-order valence-electron chi connectivity index (χ4n) is 6.96. The molecule has 34 heavy (non-hydrogen) atoms. The Labute approximate surface area is 206 Å². The van der Waals surface area contributed by atoms with Crippen LogP contribution in [0, 0.1) is 11.8 Å². The molecule has 0 saturated carbocycles. The van der Waals surface area contributed by atoms with Crippen LogP contribution in [0.25, 0.3) is 0 Å². The molecule has 0 aromatic rings. The van der Waals surface area contributed by atoms with E-state index in [1.807, 2.05) is 0 Å². The molecule has 1 amide bonds. The van der Waals surface area contributed by atoms with Gasteiger partial charge in [-0.2, -0.15) is 5.48 Å². The van der Waals surface area contributed by atoms with E-state index < -0.39 is 0 Å². The van der Waals surface area contributed by atoms with Gasteiger partial charge in [-0.3, -0.25) is 14.5 Å². The molecule has 0 aromatic carbocycles. The van der Waals surface area contributed by atoms with Crippen LogP contribution in [-0.4, -0.2) is 104 Å². The highest BCUT2D eigenvalue weighted by Gasteiger charge is 2.35. The molecule has 0 radical (unpaired) electrons. The molecule has 5 fully saturated rings. The van der Waals surface area contributed by atoms with Gasteiger partial charge in [0.2, 0.25) is 5.91 Å². The molecule has 3 N–H and O–H groups in total. The third kappa shape index (κ3) is 6.71. The molecule has 5 aliphatic rings. The number of carbonyl (C=O) groups excluding carboxylic acids is 1. The molecule has 5 heterocycles. The highest BCUT2D eigenvalue weighted by Crippen LogP contribution is 2.30. The SMILES string of the molecule is O=C(C[C@H]1CCNC[C@@H]1CC1CC(CN2CCCCC2)ON1)N1CCN(C2CCCCN2)CC1. The summed E-state index contributed by atoms with van der Waals surface area (Å²) in [6.07, 6.45) is 12.8. The van der Waals surface area contributed by atoms with E-state index in [2.05, 4.69) is 30.8 Å². The average molecular weight is 477 g/mol. The van der Waals surface area contributed by atoms with Crippen LogP contribution in [0.2, 0.25) is 0 Å². The van der Waals surface area contributed by atoms with E-state index in [1.54, 1.807) is 0 Å². The lowest BCUT2D eigenvalue weighted by Gasteiger charge is -2.42. The van der Waals surface area contributed by atoms with Gasteiger partial charge in [-0.1, -0.05) is 6.42 Å². The quantitative estimate of drug-likeness (QED) is 0.513. The van der Waals surface area contributed by atoms with Crippen molar-refractivity contribution in [2.75, 3.05) is 65.4 Å². The van der Waals surface area contributed by atoms with Gasteiger partial charge >= 0.3 is 0 Å². The summed E-state index contributed by atoms with van der Waals surface area (Å²) in [6.45, 7) is 10.6. The molecule has 0 aliphatic carbocycles. The summed E-state index contributed by atoms with van der Waals surface area (Å²) < 4.78 is 0. The summed E-state index contributed by atoms with van der Waals surface area (Å²) in [6, 6.07) is 0.420. The fourth-order valence-corrected chi connectivity index (χ4v) is 6.96. The van der Waals surface area contributed by atoms with E-state index in [0.29, 0.717) is 36.1 Å². The number of hydroxylamine groups is 1. The summed E-state index contributed by atoms with van der Waals surface area (Å²) in [5.74, 6) is 1.43. The lowest BCUT2D eigenvalue weighted by atomic mass is 9.79. The van der Waals surface area contributed by atoms with E-state index in [1.165, 1.54) is 51.6 Å². The summed E-state index contributed by atoms with van der Waals surface area (Å²) in [7, 11) is 0. The van der Waals surface area contributed by atoms with Crippen molar-refractivity contribution in [3.05, 3.63) is 0 Å². The van der Waals surface area contributed by atoms with Gasteiger partial charge < -0.3 is 20.4 Å². The van der Waals surface area contributed by atoms with Crippen LogP contribution in [0.4, 0.5) is 0 Å². The Morgan fingerprint density at radius 2 is 1.74 bits per heavy atom. The van der Waals surface area contributed by atoms with Crippen LogP contribution in [-0.2, 0) is 9.63 Å². The van der Waals surface area contributed by atoms with Crippen LogP contribution in [0.5, 0.6) is 0 Å². The molecular weight excluding hydrogens is 428 g/mol. The highest BCUT2D eigenvalue weighted by atomic mass is 16.7. The van der Waals surface area contributed by atoms with Gasteiger partial charge in [-0.05, 0) is 95.9 Å². The van der Waals surface area contributed by atoms with Gasteiger partial charge in [-0.15, -0.1) is 0 Å². The third-order valence-electron chi connectivity index (χ3n) is 9.04. The number of amides is 1. The number of likely N-dealkylation sites (tertiary alicyclic amines) is 1. The Hall–Kier alpha value is -0.770. The zero-order valence-electron chi connectivity index (χ0n) is 21.2. The molecule has 3 unspecified atom stereocenters. The normalized spacial score (nSPS) is 36.6. The Kier molecular flexibility index (Phi) is 9.13. The van der Waals surface area contributed by atoms with E-state index >= 15 is 0 Å². The number of rotatable bonds is 7. The molecule has 5 saturated heterocycles. The van der Waals surface area contributed by atoms with Gasteiger partial charge in [0.15, 0.2) is 0 Å². The standard InChI is InChI=1S/C26H48N6O2/c33-26(32-14-12-31(13-15-32)25-6-2-3-8-28-25)17-21-7-9-27-19-22(21)16-23-18-24(34-29-23)20-30-10-4-1-5-11-30/h21-25,27-29H,1-20H2/t21-,22+,23?,24?,25?/m1/s1. The number of piperazine rings is 1. The molecule has 0 spiro atoms. The monoisotopic (exact) mass is 476 g/mol. The Morgan fingerprint density at radius 1 is 0.882 bits per heavy atom. The largest absolute Gasteiger partial charge is 0.340 e. The number of nitrogens with one attached hydrogen (secondary N) is 3. The van der Waals surface area contributed by atoms with Crippen LogP contribution in [0.3, 0.4) is 0 Å². The topological polar surface area (TPSA) is 72.1 Å². The van der Waals surface area contributed by atoms with Crippen molar-refractivity contribution in [2.24, 2.45) is 11.8 Å². The van der Waals surface area contributed by atoms with Crippen molar-refractivity contribution in [1.29, 1.82) is 0 Å². The van der Waals surface area contributed by atoms with E-state index in [0.717, 1.165) is 78.0 Å². The molecule has 5 atom stereocenters. The van der Waals surface area contributed by atoms with Gasteiger partial charge in [-0.25, -0.2) is 0 Å². The Morgan fingerprint density at radius 3 is 2.53 bits per heavy atom. The second-order valence-corrected chi connectivity index (χ2v) is 11.5. The number of hydrogen-bond acceptors (Lipinski definition) is 7. The fraction of sp³-hybridized carbons (Fsp3) is 0.962. The summed E-state index contributed by atoms with van der Waals surface area (Å²) in [5, 5.41) is 7.26. The maximum atomic E-state index is 13.2. The predicted molar refractivity (Wildman–Crippen MR) is 134 cm³/mol. The summed E-state index contributed by atoms with van der Waals surface area (Å²) in [4.78, 5) is 26.5. The van der Waals surface area contributed by atoms with Crippen LogP contribution >= 0.6 is 0 Å². The van der Waals surface area contributed by atoms with E-state index in [-0.39, 0.29) is 0 Å². The van der Waals surface area contributed by atoms with Crippen LogP contribution < -0.4 is 16.1 Å². The maximum absolute atomic E-state index is 13.2. The first-order valence-corrected chi connectivity index (χ1v) is 14.3. The minimum Gasteiger partial charge on any atom is -0.340 e. The van der Waals surface area contributed by atoms with E-state index in [9.17, 15) is 4.79 Å². The molecular formula is C26H48N6O2. The van der Waals surface area contributed by atoms with Gasteiger partial charge in [0.25, 0.3) is 0 Å². The lowest BCUT2D eigenvalue weighted by molar-refractivity contribution is -0.135. The summed E-state index contributed by atoms with van der Waals surface area (Å²) >= 11 is 0. The Bertz CT molecular complexity index is 631. The van der Waals surface area contributed by atoms with Crippen molar-refractivity contribution in [3.8, 4) is 0 Å². The van der Waals surface area contributed by atoms with Crippen LogP contribution in [0.1, 0.15) is 64.2 Å². The number of hydrogen-bond donors (Lipinski definition) is 3. The molecule has 8 nitrogen and oxygen atoms in total. The zero-order chi connectivity index (χ0) is 23.2.